The van der Waals surface area contributed by atoms with Gasteiger partial charge >= 0.3 is 13.6 Å². The number of esters is 1. The van der Waals surface area contributed by atoms with Crippen molar-refractivity contribution in [2.45, 2.75) is 31.8 Å². The number of sulfonamides is 1. The summed E-state index contributed by atoms with van der Waals surface area (Å²) in [5.41, 5.74) is 1.61. The molecule has 0 N–H and O–H groups in total. The molecule has 3 rings (SSSR count). The Bertz CT molecular complexity index is 1140. The van der Waals surface area contributed by atoms with Crippen molar-refractivity contribution in [3.63, 3.8) is 0 Å². The molecule has 33 heavy (non-hydrogen) atoms. The minimum absolute atomic E-state index is 0.104. The molecule has 0 spiro atoms. The second kappa shape index (κ2) is 10.8. The van der Waals surface area contributed by atoms with E-state index in [4.69, 9.17) is 13.8 Å². The standard InChI is InChI=1S/C23H28NO7PS/c1-4-29-32(26,30-5-2)17-20-15-24(33(27,28)21-13-11-18(3)12-14-21)16-22(20)31-23(25)19-9-7-6-8-10-19/h6-14,17,22H,4-5,15-16H2,1-3H3/b20-17-/t22-/m1/s1. The first-order valence-corrected chi connectivity index (χ1v) is 13.7. The summed E-state index contributed by atoms with van der Waals surface area (Å²) in [7, 11) is -7.53. The summed E-state index contributed by atoms with van der Waals surface area (Å²) >= 11 is 0. The molecular formula is C23H28NO7PS. The van der Waals surface area contributed by atoms with Crippen LogP contribution in [-0.4, -0.2) is 51.1 Å². The first-order valence-electron chi connectivity index (χ1n) is 10.6. The van der Waals surface area contributed by atoms with Crippen molar-refractivity contribution in [1.29, 1.82) is 0 Å². The van der Waals surface area contributed by atoms with E-state index < -0.39 is 29.7 Å². The van der Waals surface area contributed by atoms with E-state index in [1.807, 2.05) is 6.92 Å². The third-order valence-corrected chi connectivity index (χ3v) is 8.71. The quantitative estimate of drug-likeness (QED) is 0.378. The fourth-order valence-electron chi connectivity index (χ4n) is 3.40. The zero-order valence-electron chi connectivity index (χ0n) is 18.8. The second-order valence-corrected chi connectivity index (χ2v) is 11.2. The smallest absolute Gasteiger partial charge is 0.354 e. The van der Waals surface area contributed by atoms with Crippen molar-refractivity contribution in [3.8, 4) is 0 Å². The molecule has 0 unspecified atom stereocenters. The lowest BCUT2D eigenvalue weighted by Crippen LogP contribution is -2.31. The summed E-state index contributed by atoms with van der Waals surface area (Å²) in [5, 5.41) is 0. The normalized spacial score (nSPS) is 18.5. The third kappa shape index (κ3) is 6.19. The highest BCUT2D eigenvalue weighted by atomic mass is 32.2. The zero-order chi connectivity index (χ0) is 24.1. The van der Waals surface area contributed by atoms with E-state index in [1.54, 1.807) is 56.3 Å². The molecule has 2 aromatic carbocycles. The summed E-state index contributed by atoms with van der Waals surface area (Å²) in [5.74, 6) is 0.678. The van der Waals surface area contributed by atoms with Gasteiger partial charge in [-0.05, 0) is 50.6 Å². The third-order valence-electron chi connectivity index (χ3n) is 5.00. The maximum absolute atomic E-state index is 13.2. The minimum Gasteiger partial charge on any atom is -0.453 e. The van der Waals surface area contributed by atoms with Crippen LogP contribution in [-0.2, 0) is 28.4 Å². The number of carbonyl (C=O) groups excluding carboxylic acids is 1. The highest BCUT2D eigenvalue weighted by Crippen LogP contribution is 2.51. The van der Waals surface area contributed by atoms with Crippen molar-refractivity contribution in [3.05, 3.63) is 77.1 Å². The van der Waals surface area contributed by atoms with Crippen molar-refractivity contribution in [1.82, 2.24) is 4.31 Å². The van der Waals surface area contributed by atoms with Gasteiger partial charge in [0.25, 0.3) is 0 Å². The van der Waals surface area contributed by atoms with Gasteiger partial charge in [-0.25, -0.2) is 13.2 Å². The minimum atomic E-state index is -3.87. The largest absolute Gasteiger partial charge is 0.453 e. The van der Waals surface area contributed by atoms with Crippen LogP contribution in [0.2, 0.25) is 0 Å². The molecule has 1 aliphatic rings. The number of hydrogen-bond donors (Lipinski definition) is 0. The zero-order valence-corrected chi connectivity index (χ0v) is 20.6. The Morgan fingerprint density at radius 2 is 1.67 bits per heavy atom. The van der Waals surface area contributed by atoms with Gasteiger partial charge < -0.3 is 13.8 Å². The van der Waals surface area contributed by atoms with Crippen molar-refractivity contribution in [2.75, 3.05) is 26.3 Å². The molecule has 0 bridgehead atoms. The second-order valence-electron chi connectivity index (χ2n) is 7.45. The highest BCUT2D eigenvalue weighted by molar-refractivity contribution is 7.89. The fourth-order valence-corrected chi connectivity index (χ4v) is 6.42. The maximum Gasteiger partial charge on any atom is 0.354 e. The summed E-state index contributed by atoms with van der Waals surface area (Å²) in [6, 6.07) is 14.9. The predicted octanol–water partition coefficient (Wildman–Crippen LogP) is 4.37. The van der Waals surface area contributed by atoms with Crippen LogP contribution in [0.25, 0.3) is 0 Å². The molecule has 2 aromatic rings. The Balaban J connectivity index is 1.95. The molecule has 0 radical (unpaired) electrons. The van der Waals surface area contributed by atoms with Crippen LogP contribution < -0.4 is 0 Å². The van der Waals surface area contributed by atoms with Crippen LogP contribution >= 0.6 is 7.60 Å². The van der Waals surface area contributed by atoms with Crippen LogP contribution in [0.4, 0.5) is 0 Å². The number of rotatable bonds is 9. The van der Waals surface area contributed by atoms with E-state index in [1.165, 1.54) is 22.3 Å². The number of nitrogens with zero attached hydrogens (tertiary/aromatic N) is 1. The average Bonchev–Trinajstić information content (AvgIpc) is 3.17. The van der Waals surface area contributed by atoms with Crippen molar-refractivity contribution >= 4 is 23.6 Å². The lowest BCUT2D eigenvalue weighted by atomic mass is 10.2. The highest BCUT2D eigenvalue weighted by Gasteiger charge is 2.40. The van der Waals surface area contributed by atoms with Gasteiger partial charge in [-0.3, -0.25) is 4.57 Å². The van der Waals surface area contributed by atoms with Gasteiger partial charge in [-0.1, -0.05) is 35.9 Å². The Hall–Kier alpha value is -2.29. The maximum atomic E-state index is 13.2. The lowest BCUT2D eigenvalue weighted by Gasteiger charge is -2.17. The molecular weight excluding hydrogens is 465 g/mol. The van der Waals surface area contributed by atoms with Crippen molar-refractivity contribution in [2.24, 2.45) is 0 Å². The number of ether oxygens (including phenoxy) is 1. The van der Waals surface area contributed by atoms with Gasteiger partial charge in [-0.15, -0.1) is 0 Å². The monoisotopic (exact) mass is 493 g/mol. The van der Waals surface area contributed by atoms with E-state index in [-0.39, 0.29) is 31.2 Å². The first kappa shape index (κ1) is 25.3. The van der Waals surface area contributed by atoms with E-state index in [2.05, 4.69) is 0 Å². The Labute approximate surface area is 194 Å². The Kier molecular flexibility index (Phi) is 8.26. The lowest BCUT2D eigenvalue weighted by molar-refractivity contribution is 0.0391. The Morgan fingerprint density at radius 3 is 2.24 bits per heavy atom. The van der Waals surface area contributed by atoms with Gasteiger partial charge in [0, 0.05) is 12.4 Å². The van der Waals surface area contributed by atoms with Crippen LogP contribution in [0.1, 0.15) is 29.8 Å². The van der Waals surface area contributed by atoms with E-state index in [0.717, 1.165) is 5.56 Å². The molecule has 1 heterocycles. The number of carbonyl (C=O) groups is 1. The Morgan fingerprint density at radius 1 is 1.06 bits per heavy atom. The molecule has 1 saturated heterocycles. The van der Waals surface area contributed by atoms with E-state index >= 15 is 0 Å². The van der Waals surface area contributed by atoms with Gasteiger partial charge in [0.1, 0.15) is 6.10 Å². The number of hydrogen-bond acceptors (Lipinski definition) is 7. The average molecular weight is 494 g/mol. The van der Waals surface area contributed by atoms with Gasteiger partial charge in [0.05, 0.1) is 30.2 Å². The molecule has 1 atom stereocenters. The van der Waals surface area contributed by atoms with Crippen LogP contribution in [0.3, 0.4) is 0 Å². The van der Waals surface area contributed by atoms with E-state index in [0.29, 0.717) is 11.1 Å². The van der Waals surface area contributed by atoms with Crippen LogP contribution in [0, 0.1) is 6.92 Å². The predicted molar refractivity (Wildman–Crippen MR) is 125 cm³/mol. The fraction of sp³-hybridized carbons (Fsp3) is 0.348. The number of benzene rings is 2. The van der Waals surface area contributed by atoms with Gasteiger partial charge in [0.2, 0.25) is 10.0 Å². The molecule has 8 nitrogen and oxygen atoms in total. The molecule has 0 aromatic heterocycles. The molecule has 0 aliphatic carbocycles. The van der Waals surface area contributed by atoms with Crippen molar-refractivity contribution < 1.29 is 31.6 Å². The SMILES string of the molecule is CCOP(=O)(/C=C1/CN(S(=O)(=O)c2ccc(C)cc2)C[C@H]1OC(=O)c1ccccc1)OCC. The molecule has 10 heteroatoms. The summed E-state index contributed by atoms with van der Waals surface area (Å²) < 4.78 is 57.1. The number of aryl methyl sites for hydroxylation is 1. The van der Waals surface area contributed by atoms with Gasteiger partial charge in [0.15, 0.2) is 0 Å². The van der Waals surface area contributed by atoms with Crippen LogP contribution in [0.15, 0.2) is 70.9 Å². The van der Waals surface area contributed by atoms with Gasteiger partial charge in [-0.2, -0.15) is 4.31 Å². The van der Waals surface area contributed by atoms with E-state index in [9.17, 15) is 17.8 Å². The summed E-state index contributed by atoms with van der Waals surface area (Å²) in [4.78, 5) is 12.8. The summed E-state index contributed by atoms with van der Waals surface area (Å²) in [6.45, 7) is 5.29. The molecule has 0 amide bonds. The molecule has 1 fully saturated rings. The molecule has 1 aliphatic heterocycles. The summed E-state index contributed by atoms with van der Waals surface area (Å²) in [6.07, 6.45) is -0.938. The molecule has 178 valence electrons. The molecule has 0 saturated carbocycles. The first-order chi connectivity index (χ1) is 15.7. The topological polar surface area (TPSA) is 99.2 Å². The van der Waals surface area contributed by atoms with Crippen LogP contribution in [0.5, 0.6) is 0 Å².